The van der Waals surface area contributed by atoms with Crippen LogP contribution < -0.4 is 74.6 Å². The molecule has 3 saturated heterocycles. The largest absolute Gasteiger partial charge is 1.00 e. The van der Waals surface area contributed by atoms with Gasteiger partial charge in [0.15, 0.2) is 0 Å². The molecule has 27 heavy (non-hydrogen) atoms. The summed E-state index contributed by atoms with van der Waals surface area (Å²) < 4.78 is -0.404. The zero-order valence-electron chi connectivity index (χ0n) is 15.3. The van der Waals surface area contributed by atoms with E-state index in [0.717, 1.165) is 0 Å². The van der Waals surface area contributed by atoms with Crippen molar-refractivity contribution in [3.63, 3.8) is 0 Å². The van der Waals surface area contributed by atoms with Gasteiger partial charge >= 0.3 is 59.1 Å². The van der Waals surface area contributed by atoms with Crippen molar-refractivity contribution >= 4 is 59.0 Å². The van der Waals surface area contributed by atoms with Crippen molar-refractivity contribution in [3.8, 4) is 0 Å². The molecule has 3 rings (SSSR count). The van der Waals surface area contributed by atoms with Crippen LogP contribution in [-0.2, 0) is 19.2 Å². The van der Waals surface area contributed by atoms with E-state index >= 15 is 0 Å². The van der Waals surface area contributed by atoms with Crippen LogP contribution >= 0.6 is 35.3 Å². The topological polar surface area (TPSA) is 130 Å². The first-order valence-electron chi connectivity index (χ1n) is 7.38. The molecule has 0 aromatic carbocycles. The Hall–Kier alpha value is 0.670. The van der Waals surface area contributed by atoms with E-state index in [-0.39, 0.29) is 59.1 Å². The fraction of sp³-hybridized carbons (Fsp3) is 0.571. The molecule has 3 atom stereocenters. The van der Waals surface area contributed by atoms with Gasteiger partial charge in [-0.3, -0.25) is 9.59 Å². The number of hydrogen-bond donors (Lipinski definition) is 1. The Morgan fingerprint density at radius 3 is 2.19 bits per heavy atom. The Kier molecular flexibility index (Phi) is 9.19. The number of thioether (sulfide) groups is 3. The molecule has 0 aromatic rings. The third kappa shape index (κ3) is 4.72. The van der Waals surface area contributed by atoms with Crippen LogP contribution in [0.25, 0.3) is 0 Å². The number of carbonyl (C=O) groups excluding carboxylic acids is 4. The molecule has 0 aromatic heterocycles. The second-order valence-electron chi connectivity index (χ2n) is 6.18. The summed E-state index contributed by atoms with van der Waals surface area (Å²) in [5.74, 6) is -3.00. The summed E-state index contributed by atoms with van der Waals surface area (Å²) in [6.45, 7) is 3.37. The number of β-lactam (4-membered cyclic amide) rings is 1. The molecule has 0 spiro atoms. The van der Waals surface area contributed by atoms with Crippen LogP contribution in [0, 0.1) is 0 Å². The number of aliphatic carboxylic acids is 2. The van der Waals surface area contributed by atoms with Gasteiger partial charge in [0, 0.05) is 16.3 Å². The average molecular weight is 448 g/mol. The van der Waals surface area contributed by atoms with Gasteiger partial charge in [-0.05, 0) is 13.8 Å². The van der Waals surface area contributed by atoms with Crippen LogP contribution in [0.4, 0.5) is 0 Å². The minimum atomic E-state index is -1.59. The van der Waals surface area contributed by atoms with Gasteiger partial charge < -0.3 is 30.0 Å². The van der Waals surface area contributed by atoms with Crippen LogP contribution in [0.3, 0.4) is 0 Å². The second kappa shape index (κ2) is 9.65. The molecule has 136 valence electrons. The molecule has 3 aliphatic heterocycles. The van der Waals surface area contributed by atoms with Crippen molar-refractivity contribution in [2.75, 3.05) is 11.5 Å². The van der Waals surface area contributed by atoms with Gasteiger partial charge in [-0.15, -0.1) is 35.3 Å². The van der Waals surface area contributed by atoms with Crippen LogP contribution in [-0.4, -0.2) is 62.4 Å². The van der Waals surface area contributed by atoms with Gasteiger partial charge in [0.25, 0.3) is 5.91 Å². The predicted molar refractivity (Wildman–Crippen MR) is 90.0 cm³/mol. The van der Waals surface area contributed by atoms with Crippen molar-refractivity contribution in [1.29, 1.82) is 0 Å². The van der Waals surface area contributed by atoms with E-state index in [1.165, 1.54) is 40.2 Å². The summed E-state index contributed by atoms with van der Waals surface area (Å²) in [6, 6.07) is -2.06. The molecule has 13 heteroatoms. The van der Waals surface area contributed by atoms with Crippen molar-refractivity contribution in [1.82, 2.24) is 10.2 Å². The molecule has 3 unspecified atom stereocenters. The minimum Gasteiger partial charge on any atom is -0.548 e. The first-order chi connectivity index (χ1) is 11.6. The number of carboxylic acids is 2. The molecule has 0 aliphatic carbocycles. The van der Waals surface area contributed by atoms with Gasteiger partial charge in [-0.2, -0.15) is 0 Å². The maximum atomic E-state index is 12.4. The standard InChI is InChI=1S/C14H16N2O6S3.2Na/c1-14(2)7(12(21)22)16-9(18)6(10(16)25-14)15-8(17)5(11(19)20)13-23-3-4-24-13;;/h6-7,10H,3-4H2,1-2H3,(H,15,17)(H,19,20)(H,21,22);;/q;2*+1/p-2. The number of nitrogens with zero attached hydrogens (tertiary/aromatic N) is 1. The Balaban J connectivity index is 0.00000182. The number of fused-ring (bicyclic) bond motifs is 1. The number of hydrogen-bond acceptors (Lipinski definition) is 9. The van der Waals surface area contributed by atoms with E-state index in [0.29, 0.717) is 15.7 Å². The Labute approximate surface area is 213 Å². The van der Waals surface area contributed by atoms with E-state index in [4.69, 9.17) is 0 Å². The molecule has 0 saturated carbocycles. The fourth-order valence-corrected chi connectivity index (χ4v) is 7.20. The van der Waals surface area contributed by atoms with Crippen LogP contribution in [0.2, 0.25) is 0 Å². The number of carbonyl (C=O) groups is 4. The monoisotopic (exact) mass is 448 g/mol. The van der Waals surface area contributed by atoms with Crippen LogP contribution in [0.1, 0.15) is 13.8 Å². The van der Waals surface area contributed by atoms with E-state index < -0.39 is 51.5 Å². The summed E-state index contributed by atoms with van der Waals surface area (Å²) in [4.78, 5) is 48.5. The van der Waals surface area contributed by atoms with Gasteiger partial charge in [0.05, 0.1) is 27.8 Å². The number of carboxylic acid groups (broad SMARTS) is 2. The molecule has 3 aliphatic rings. The zero-order chi connectivity index (χ0) is 18.5. The van der Waals surface area contributed by atoms with Gasteiger partial charge in [-0.25, -0.2) is 0 Å². The van der Waals surface area contributed by atoms with E-state index in [2.05, 4.69) is 5.32 Å². The molecule has 8 nitrogen and oxygen atoms in total. The van der Waals surface area contributed by atoms with Crippen LogP contribution in [0.15, 0.2) is 9.81 Å². The molecule has 1 N–H and O–H groups in total. The normalized spacial score (nSPS) is 27.6. The van der Waals surface area contributed by atoms with E-state index in [1.54, 1.807) is 13.8 Å². The molecule has 3 fully saturated rings. The third-order valence-corrected chi connectivity index (χ3v) is 8.42. The summed E-state index contributed by atoms with van der Waals surface area (Å²) in [6.07, 6.45) is 0. The average Bonchev–Trinajstić information content (AvgIpc) is 3.09. The summed E-state index contributed by atoms with van der Waals surface area (Å²) in [7, 11) is 0. The number of rotatable bonds is 4. The zero-order valence-corrected chi connectivity index (χ0v) is 21.7. The van der Waals surface area contributed by atoms with E-state index in [9.17, 15) is 29.4 Å². The molecule has 3 heterocycles. The third-order valence-electron chi connectivity index (χ3n) is 4.14. The first-order valence-corrected chi connectivity index (χ1v) is 10.2. The van der Waals surface area contributed by atoms with Gasteiger partial charge in [0.2, 0.25) is 5.91 Å². The van der Waals surface area contributed by atoms with Gasteiger partial charge in [-0.1, -0.05) is 0 Å². The fourth-order valence-electron chi connectivity index (χ4n) is 3.06. The van der Waals surface area contributed by atoms with E-state index in [1.807, 2.05) is 0 Å². The van der Waals surface area contributed by atoms with Gasteiger partial charge in [0.1, 0.15) is 11.4 Å². The SMILES string of the molecule is CC1(C)SC2C(NC(=O)C(C(=O)[O-])=C3SCCS3)C(=O)N2C1C(=O)[O-].[Na+].[Na+]. The Bertz CT molecular complexity index is 709. The minimum absolute atomic E-state index is 0. The van der Waals surface area contributed by atoms with Crippen LogP contribution in [0.5, 0.6) is 0 Å². The predicted octanol–water partition coefficient (Wildman–Crippen LogP) is -8.27. The Morgan fingerprint density at radius 1 is 1.15 bits per heavy atom. The molecular weight excluding hydrogens is 434 g/mol. The number of nitrogens with one attached hydrogen (secondary N) is 1. The van der Waals surface area contributed by atoms with Crippen molar-refractivity contribution < 1.29 is 88.5 Å². The maximum Gasteiger partial charge on any atom is 1.00 e. The Morgan fingerprint density at radius 2 is 1.70 bits per heavy atom. The summed E-state index contributed by atoms with van der Waals surface area (Å²) >= 11 is 3.76. The molecular formula is C14H14N2Na2O6S3. The smallest absolute Gasteiger partial charge is 0.548 e. The summed E-state index contributed by atoms with van der Waals surface area (Å²) in [5, 5.41) is 24.5. The van der Waals surface area contributed by atoms with Crippen molar-refractivity contribution in [3.05, 3.63) is 9.81 Å². The van der Waals surface area contributed by atoms with Crippen molar-refractivity contribution in [2.45, 2.75) is 36.1 Å². The molecule has 0 bridgehead atoms. The second-order valence-corrected chi connectivity index (χ2v) is 10.4. The number of amides is 2. The molecule has 0 radical (unpaired) electrons. The quantitative estimate of drug-likeness (QED) is 0.147. The first kappa shape index (κ1) is 25.7. The summed E-state index contributed by atoms with van der Waals surface area (Å²) in [5.41, 5.74) is -0.475. The molecule has 2 amide bonds. The maximum absolute atomic E-state index is 12.4. The van der Waals surface area contributed by atoms with Crippen molar-refractivity contribution in [2.24, 2.45) is 0 Å².